The van der Waals surface area contributed by atoms with Crippen LogP contribution in [0.4, 0.5) is 10.7 Å². The van der Waals surface area contributed by atoms with Gasteiger partial charge in [0.1, 0.15) is 0 Å². The zero-order chi connectivity index (χ0) is 19.9. The Morgan fingerprint density at radius 3 is 2.82 bits per heavy atom. The lowest BCUT2D eigenvalue weighted by atomic mass is 10.1. The summed E-state index contributed by atoms with van der Waals surface area (Å²) in [6, 6.07) is 7.20. The summed E-state index contributed by atoms with van der Waals surface area (Å²) in [5.74, 6) is 0.997. The molecule has 0 bridgehead atoms. The molecule has 1 aliphatic heterocycles. The van der Waals surface area contributed by atoms with Gasteiger partial charge in [0.05, 0.1) is 6.61 Å². The summed E-state index contributed by atoms with van der Waals surface area (Å²) >= 11 is 0. The summed E-state index contributed by atoms with van der Waals surface area (Å²) < 4.78 is 5.24. The number of carbonyl (C=O) groups is 1. The maximum Gasteiger partial charge on any atom is 0.344 e. The number of ether oxygens (including phenoxy) is 1. The number of anilines is 1. The molecule has 3 rings (SSSR count). The smallest absolute Gasteiger partial charge is 0.344 e. The van der Waals surface area contributed by atoms with Crippen molar-refractivity contribution in [2.75, 3.05) is 31.7 Å². The topological polar surface area (TPSA) is 132 Å². The Balaban J connectivity index is 1.64. The van der Waals surface area contributed by atoms with Gasteiger partial charge in [0.25, 0.3) is 0 Å². The molecule has 1 saturated heterocycles. The zero-order valence-electron chi connectivity index (χ0n) is 15.8. The van der Waals surface area contributed by atoms with Gasteiger partial charge in [-0.15, -0.1) is 0 Å². The van der Waals surface area contributed by atoms with E-state index >= 15 is 0 Å². The number of methoxy groups -OCH3 is 1. The Bertz CT molecular complexity index is 834. The SMILES string of the molecule is COCC1CCN(c2ncc(-c3cccc(CNC(=O)N=C(N)N)c3)cn2)C1. The summed E-state index contributed by atoms with van der Waals surface area (Å²) in [7, 11) is 1.73. The summed E-state index contributed by atoms with van der Waals surface area (Å²) in [4.78, 5) is 26.2. The van der Waals surface area contributed by atoms with E-state index in [0.717, 1.165) is 48.8 Å². The average molecular weight is 383 g/mol. The highest BCUT2D eigenvalue weighted by Crippen LogP contribution is 2.23. The Hall–Kier alpha value is -3.20. The number of amides is 2. The van der Waals surface area contributed by atoms with Gasteiger partial charge in [0, 0.05) is 50.6 Å². The van der Waals surface area contributed by atoms with Gasteiger partial charge >= 0.3 is 6.03 Å². The van der Waals surface area contributed by atoms with Gasteiger partial charge in [-0.2, -0.15) is 4.99 Å². The number of hydrogen-bond acceptors (Lipinski definition) is 5. The van der Waals surface area contributed by atoms with Gasteiger partial charge in [0.2, 0.25) is 5.95 Å². The lowest BCUT2D eigenvalue weighted by molar-refractivity contribution is 0.161. The van der Waals surface area contributed by atoms with Crippen LogP contribution in [0.1, 0.15) is 12.0 Å². The highest BCUT2D eigenvalue weighted by atomic mass is 16.5. The number of aliphatic imine (C=N–C) groups is 1. The van der Waals surface area contributed by atoms with Crippen molar-refractivity contribution in [1.29, 1.82) is 0 Å². The van der Waals surface area contributed by atoms with Crippen LogP contribution in [-0.2, 0) is 11.3 Å². The first-order valence-corrected chi connectivity index (χ1v) is 9.08. The van der Waals surface area contributed by atoms with Crippen molar-refractivity contribution in [1.82, 2.24) is 15.3 Å². The predicted octanol–water partition coefficient (Wildman–Crippen LogP) is 1.10. The van der Waals surface area contributed by atoms with E-state index in [1.54, 1.807) is 7.11 Å². The van der Waals surface area contributed by atoms with E-state index in [2.05, 4.69) is 25.2 Å². The van der Waals surface area contributed by atoms with Crippen LogP contribution in [0.3, 0.4) is 0 Å². The highest BCUT2D eigenvalue weighted by molar-refractivity contribution is 5.90. The first kappa shape index (κ1) is 19.6. The molecule has 5 N–H and O–H groups in total. The second-order valence-corrected chi connectivity index (χ2v) is 6.72. The molecule has 1 unspecified atom stereocenters. The normalized spacial score (nSPS) is 16.0. The summed E-state index contributed by atoms with van der Waals surface area (Å²) in [6.45, 7) is 2.94. The van der Waals surface area contributed by atoms with Gasteiger partial charge in [-0.3, -0.25) is 0 Å². The quantitative estimate of drug-likeness (QED) is 0.503. The van der Waals surface area contributed by atoms with Crippen LogP contribution in [0.5, 0.6) is 0 Å². The lowest BCUT2D eigenvalue weighted by Crippen LogP contribution is -2.28. The Morgan fingerprint density at radius 1 is 1.32 bits per heavy atom. The molecule has 1 aromatic heterocycles. The second-order valence-electron chi connectivity index (χ2n) is 6.72. The van der Waals surface area contributed by atoms with Crippen LogP contribution in [-0.4, -0.2) is 48.8 Å². The minimum atomic E-state index is -0.574. The van der Waals surface area contributed by atoms with Crippen LogP contribution in [0.2, 0.25) is 0 Å². The molecule has 148 valence electrons. The number of benzene rings is 1. The van der Waals surface area contributed by atoms with E-state index in [-0.39, 0.29) is 5.96 Å². The van der Waals surface area contributed by atoms with Crippen molar-refractivity contribution in [3.8, 4) is 11.1 Å². The van der Waals surface area contributed by atoms with Gasteiger partial charge in [0.15, 0.2) is 5.96 Å². The van der Waals surface area contributed by atoms with Crippen molar-refractivity contribution in [3.63, 3.8) is 0 Å². The van der Waals surface area contributed by atoms with Gasteiger partial charge < -0.3 is 26.4 Å². The molecule has 2 aromatic rings. The van der Waals surface area contributed by atoms with Crippen LogP contribution in [0.25, 0.3) is 11.1 Å². The Kier molecular flexibility index (Phi) is 6.38. The van der Waals surface area contributed by atoms with Crippen LogP contribution >= 0.6 is 0 Å². The average Bonchev–Trinajstić information content (AvgIpc) is 3.15. The van der Waals surface area contributed by atoms with Crippen LogP contribution in [0, 0.1) is 5.92 Å². The number of rotatable bonds is 6. The molecule has 1 aromatic carbocycles. The van der Waals surface area contributed by atoms with E-state index < -0.39 is 6.03 Å². The van der Waals surface area contributed by atoms with E-state index in [1.807, 2.05) is 36.7 Å². The van der Waals surface area contributed by atoms with Crippen molar-refractivity contribution < 1.29 is 9.53 Å². The Labute approximate surface area is 163 Å². The first-order chi connectivity index (χ1) is 13.5. The molecule has 1 atom stereocenters. The first-order valence-electron chi connectivity index (χ1n) is 9.08. The molecule has 0 spiro atoms. The predicted molar refractivity (Wildman–Crippen MR) is 108 cm³/mol. The summed E-state index contributed by atoms with van der Waals surface area (Å²) in [5.41, 5.74) is 13.2. The lowest BCUT2D eigenvalue weighted by Gasteiger charge is -2.16. The Morgan fingerprint density at radius 2 is 2.11 bits per heavy atom. The van der Waals surface area contributed by atoms with Crippen molar-refractivity contribution in [2.24, 2.45) is 22.4 Å². The number of nitrogens with zero attached hydrogens (tertiary/aromatic N) is 4. The molecular formula is C19H25N7O2. The fraction of sp³-hybridized carbons (Fsp3) is 0.368. The van der Waals surface area contributed by atoms with E-state index in [9.17, 15) is 4.79 Å². The second kappa shape index (κ2) is 9.14. The van der Waals surface area contributed by atoms with Gasteiger partial charge in [-0.1, -0.05) is 18.2 Å². The van der Waals surface area contributed by atoms with E-state index in [4.69, 9.17) is 16.2 Å². The van der Waals surface area contributed by atoms with Crippen molar-refractivity contribution >= 4 is 17.9 Å². The van der Waals surface area contributed by atoms with Crippen molar-refractivity contribution in [3.05, 3.63) is 42.2 Å². The third kappa shape index (κ3) is 5.17. The number of guanidine groups is 1. The minimum absolute atomic E-state index is 0.268. The number of hydrogen-bond donors (Lipinski definition) is 3. The number of carbonyl (C=O) groups excluding carboxylic acids is 1. The number of nitrogens with one attached hydrogen (secondary N) is 1. The summed E-state index contributed by atoms with van der Waals surface area (Å²) in [6.07, 6.45) is 4.73. The molecule has 9 nitrogen and oxygen atoms in total. The highest BCUT2D eigenvalue weighted by Gasteiger charge is 2.24. The third-order valence-electron chi connectivity index (χ3n) is 4.54. The number of aromatic nitrogens is 2. The fourth-order valence-corrected chi connectivity index (χ4v) is 3.21. The molecule has 0 aliphatic carbocycles. The zero-order valence-corrected chi connectivity index (χ0v) is 15.8. The fourth-order valence-electron chi connectivity index (χ4n) is 3.21. The standard InChI is InChI=1S/C19H25N7O2/c1-28-12-14-5-6-26(11-14)18-22-9-16(10-23-18)15-4-2-3-13(7-15)8-24-19(27)25-17(20)21/h2-4,7,9-10,14H,5-6,8,11-12H2,1H3,(H5,20,21,24,25,27). The maximum atomic E-state index is 11.5. The van der Waals surface area contributed by atoms with Crippen LogP contribution < -0.4 is 21.7 Å². The number of urea groups is 1. The van der Waals surface area contributed by atoms with E-state index in [0.29, 0.717) is 12.5 Å². The summed E-state index contributed by atoms with van der Waals surface area (Å²) in [5, 5.41) is 2.64. The molecular weight excluding hydrogens is 358 g/mol. The van der Waals surface area contributed by atoms with Gasteiger partial charge in [-0.05, 0) is 23.6 Å². The molecule has 2 heterocycles. The molecule has 9 heteroatoms. The van der Waals surface area contributed by atoms with Gasteiger partial charge in [-0.25, -0.2) is 14.8 Å². The molecule has 0 saturated carbocycles. The largest absolute Gasteiger partial charge is 0.384 e. The number of nitrogens with two attached hydrogens (primary N) is 2. The molecule has 0 radical (unpaired) electrons. The maximum absolute atomic E-state index is 11.5. The van der Waals surface area contributed by atoms with E-state index in [1.165, 1.54) is 0 Å². The third-order valence-corrected chi connectivity index (χ3v) is 4.54. The monoisotopic (exact) mass is 383 g/mol. The van der Waals surface area contributed by atoms with Crippen molar-refractivity contribution in [2.45, 2.75) is 13.0 Å². The molecule has 2 amide bonds. The molecule has 28 heavy (non-hydrogen) atoms. The minimum Gasteiger partial charge on any atom is -0.384 e. The molecule has 1 fully saturated rings. The van der Waals surface area contributed by atoms with Crippen LogP contribution in [0.15, 0.2) is 41.7 Å². The molecule has 1 aliphatic rings.